The van der Waals surface area contributed by atoms with Crippen LogP contribution in [-0.2, 0) is 4.74 Å². The Morgan fingerprint density at radius 1 is 1.53 bits per heavy atom. The number of ether oxygens (including phenoxy) is 2. The second-order valence-electron chi connectivity index (χ2n) is 2.82. The highest BCUT2D eigenvalue weighted by Gasteiger charge is 2.20. The maximum atomic E-state index is 12.1. The zero-order valence-electron chi connectivity index (χ0n) is 8.54. The molecule has 0 aliphatic rings. The quantitative estimate of drug-likeness (QED) is 0.785. The first kappa shape index (κ1) is 13.2. The van der Waals surface area contributed by atoms with Crippen LogP contribution in [0.15, 0.2) is 12.1 Å². The second-order valence-corrected chi connectivity index (χ2v) is 3.22. The van der Waals surface area contributed by atoms with Crippen LogP contribution in [0.5, 0.6) is 5.75 Å². The molecule has 0 heterocycles. The minimum atomic E-state index is -3.14. The Hall–Kier alpha value is -1.87. The molecule has 0 aromatic heterocycles. The average Bonchev–Trinajstić information content (AvgIpc) is 2.29. The second kappa shape index (κ2) is 5.46. The molecule has 1 aromatic carbocycles. The van der Waals surface area contributed by atoms with Crippen molar-refractivity contribution in [2.24, 2.45) is 0 Å². The third kappa shape index (κ3) is 3.04. The van der Waals surface area contributed by atoms with Gasteiger partial charge in [-0.2, -0.15) is 14.0 Å². The smallest absolute Gasteiger partial charge is 0.387 e. The first-order valence-electron chi connectivity index (χ1n) is 4.26. The van der Waals surface area contributed by atoms with Gasteiger partial charge in [-0.25, -0.2) is 4.79 Å². The molecule has 0 saturated carbocycles. The highest BCUT2D eigenvalue weighted by Crippen LogP contribution is 2.32. The molecule has 0 radical (unpaired) electrons. The summed E-state index contributed by atoms with van der Waals surface area (Å²) < 4.78 is 32.8. The van der Waals surface area contributed by atoms with Crippen LogP contribution < -0.4 is 4.74 Å². The molecule has 0 unspecified atom stereocenters. The van der Waals surface area contributed by atoms with E-state index >= 15 is 0 Å². The Morgan fingerprint density at radius 3 is 2.65 bits per heavy atom. The molecular weight excluding hydrogens is 256 g/mol. The van der Waals surface area contributed by atoms with Gasteiger partial charge >= 0.3 is 12.6 Å². The molecule has 90 valence electrons. The minimum Gasteiger partial charge on any atom is -0.465 e. The molecule has 7 heteroatoms. The van der Waals surface area contributed by atoms with Crippen LogP contribution in [0.25, 0.3) is 0 Å². The van der Waals surface area contributed by atoms with Crippen molar-refractivity contribution in [3.05, 3.63) is 28.3 Å². The van der Waals surface area contributed by atoms with E-state index in [4.69, 9.17) is 16.9 Å². The largest absolute Gasteiger partial charge is 0.465 e. The lowest BCUT2D eigenvalue weighted by molar-refractivity contribution is -0.0503. The number of nitriles is 1. The molecule has 0 saturated heterocycles. The number of methoxy groups -OCH3 is 1. The Labute approximate surface area is 100 Å². The normalized spacial score (nSPS) is 9.88. The van der Waals surface area contributed by atoms with Gasteiger partial charge < -0.3 is 9.47 Å². The fraction of sp³-hybridized carbons (Fsp3) is 0.200. The molecule has 0 aliphatic heterocycles. The third-order valence-electron chi connectivity index (χ3n) is 1.78. The summed E-state index contributed by atoms with van der Waals surface area (Å²) in [5.41, 5.74) is -0.283. The van der Waals surface area contributed by atoms with Crippen LogP contribution in [0, 0.1) is 11.3 Å². The van der Waals surface area contributed by atoms with Gasteiger partial charge in [-0.3, -0.25) is 0 Å². The molecule has 0 atom stereocenters. The monoisotopic (exact) mass is 261 g/mol. The van der Waals surface area contributed by atoms with Gasteiger partial charge in [0.05, 0.1) is 23.8 Å². The number of nitrogens with zero attached hydrogens (tertiary/aromatic N) is 1. The standard InChI is InChI=1S/C10H6ClF2NO3/c1-16-9(15)6-2-5(4-14)3-7(11)8(6)17-10(12)13/h2-3,10H,1H3. The highest BCUT2D eigenvalue weighted by molar-refractivity contribution is 6.32. The van der Waals surface area contributed by atoms with E-state index in [0.717, 1.165) is 19.2 Å². The summed E-state index contributed by atoms with van der Waals surface area (Å²) in [6.45, 7) is -3.14. The number of esters is 1. The summed E-state index contributed by atoms with van der Waals surface area (Å²) >= 11 is 5.64. The maximum absolute atomic E-state index is 12.1. The molecule has 0 amide bonds. The van der Waals surface area contributed by atoms with Gasteiger partial charge in [0.25, 0.3) is 0 Å². The Kier molecular flexibility index (Phi) is 4.24. The summed E-state index contributed by atoms with van der Waals surface area (Å²) in [5, 5.41) is 8.40. The minimum absolute atomic E-state index is 0.0389. The molecule has 1 rings (SSSR count). The summed E-state index contributed by atoms with van der Waals surface area (Å²) in [6, 6.07) is 3.91. The average molecular weight is 262 g/mol. The number of benzene rings is 1. The van der Waals surface area contributed by atoms with Gasteiger partial charge in [-0.1, -0.05) is 11.6 Å². The van der Waals surface area contributed by atoms with E-state index in [9.17, 15) is 13.6 Å². The van der Waals surface area contributed by atoms with E-state index in [1.807, 2.05) is 0 Å². The number of rotatable bonds is 3. The zero-order chi connectivity index (χ0) is 13.0. The Balaban J connectivity index is 3.35. The predicted octanol–water partition coefficient (Wildman–Crippen LogP) is 2.60. The van der Waals surface area contributed by atoms with Crippen LogP contribution in [0.2, 0.25) is 5.02 Å². The van der Waals surface area contributed by atoms with Crippen molar-refractivity contribution in [2.75, 3.05) is 7.11 Å². The van der Waals surface area contributed by atoms with Crippen molar-refractivity contribution < 1.29 is 23.0 Å². The van der Waals surface area contributed by atoms with Crippen LogP contribution >= 0.6 is 11.6 Å². The molecular formula is C10H6ClF2NO3. The van der Waals surface area contributed by atoms with Crippen molar-refractivity contribution in [3.8, 4) is 11.8 Å². The van der Waals surface area contributed by atoms with Crippen molar-refractivity contribution in [1.29, 1.82) is 5.26 Å². The van der Waals surface area contributed by atoms with Crippen molar-refractivity contribution >= 4 is 17.6 Å². The molecule has 0 N–H and O–H groups in total. The van der Waals surface area contributed by atoms with Gasteiger partial charge in [0.2, 0.25) is 0 Å². The topological polar surface area (TPSA) is 59.3 Å². The first-order valence-corrected chi connectivity index (χ1v) is 4.64. The Morgan fingerprint density at radius 2 is 2.18 bits per heavy atom. The van der Waals surface area contributed by atoms with E-state index in [0.29, 0.717) is 0 Å². The lowest BCUT2D eigenvalue weighted by Gasteiger charge is -2.11. The van der Waals surface area contributed by atoms with Gasteiger partial charge in [-0.15, -0.1) is 0 Å². The molecule has 0 spiro atoms. The molecule has 4 nitrogen and oxygen atoms in total. The zero-order valence-corrected chi connectivity index (χ0v) is 9.29. The molecule has 17 heavy (non-hydrogen) atoms. The van der Waals surface area contributed by atoms with Crippen LogP contribution in [-0.4, -0.2) is 19.7 Å². The number of carbonyl (C=O) groups excluding carboxylic acids is 1. The Bertz CT molecular complexity index is 485. The predicted molar refractivity (Wildman–Crippen MR) is 54.1 cm³/mol. The molecule has 0 aliphatic carbocycles. The van der Waals surface area contributed by atoms with E-state index in [1.165, 1.54) is 0 Å². The number of alkyl halides is 2. The SMILES string of the molecule is COC(=O)c1cc(C#N)cc(Cl)c1OC(F)F. The van der Waals surface area contributed by atoms with Crippen molar-refractivity contribution in [1.82, 2.24) is 0 Å². The summed E-state index contributed by atoms with van der Waals surface area (Å²) in [7, 11) is 1.07. The van der Waals surface area contributed by atoms with E-state index in [1.54, 1.807) is 6.07 Å². The van der Waals surface area contributed by atoms with E-state index in [-0.39, 0.29) is 16.1 Å². The first-order chi connectivity index (χ1) is 7.99. The van der Waals surface area contributed by atoms with E-state index < -0.39 is 18.3 Å². The number of hydrogen-bond donors (Lipinski definition) is 0. The fourth-order valence-electron chi connectivity index (χ4n) is 1.13. The third-order valence-corrected chi connectivity index (χ3v) is 2.07. The maximum Gasteiger partial charge on any atom is 0.387 e. The number of halogens is 3. The summed E-state index contributed by atoms with van der Waals surface area (Å²) in [5.74, 6) is -1.42. The molecule has 1 aromatic rings. The lowest BCUT2D eigenvalue weighted by Crippen LogP contribution is -2.10. The summed E-state index contributed by atoms with van der Waals surface area (Å²) in [4.78, 5) is 11.3. The van der Waals surface area contributed by atoms with Gasteiger partial charge in [0.1, 0.15) is 5.56 Å². The summed E-state index contributed by atoms with van der Waals surface area (Å²) in [6.07, 6.45) is 0. The molecule has 0 fully saturated rings. The highest BCUT2D eigenvalue weighted by atomic mass is 35.5. The van der Waals surface area contributed by atoms with Crippen molar-refractivity contribution in [3.63, 3.8) is 0 Å². The molecule has 0 bridgehead atoms. The van der Waals surface area contributed by atoms with Crippen LogP contribution in [0.3, 0.4) is 0 Å². The van der Waals surface area contributed by atoms with Gasteiger partial charge in [-0.05, 0) is 12.1 Å². The lowest BCUT2D eigenvalue weighted by atomic mass is 10.1. The van der Waals surface area contributed by atoms with Crippen LogP contribution in [0.1, 0.15) is 15.9 Å². The van der Waals surface area contributed by atoms with Gasteiger partial charge in [0, 0.05) is 0 Å². The van der Waals surface area contributed by atoms with Crippen molar-refractivity contribution in [2.45, 2.75) is 6.61 Å². The van der Waals surface area contributed by atoms with Crippen LogP contribution in [0.4, 0.5) is 8.78 Å². The number of carbonyl (C=O) groups is 1. The van der Waals surface area contributed by atoms with E-state index in [2.05, 4.69) is 9.47 Å². The number of hydrogen-bond acceptors (Lipinski definition) is 4. The fourth-order valence-corrected chi connectivity index (χ4v) is 1.39. The van der Waals surface area contributed by atoms with Gasteiger partial charge in [0.15, 0.2) is 5.75 Å².